The normalized spacial score (nSPS) is 19.1. The van der Waals surface area contributed by atoms with Crippen molar-refractivity contribution >= 4 is 57.8 Å². The van der Waals surface area contributed by atoms with Crippen LogP contribution in [0.4, 0.5) is 11.4 Å². The van der Waals surface area contributed by atoms with Gasteiger partial charge in [-0.15, -0.1) is 0 Å². The maximum Gasteiger partial charge on any atom is 0.490 e. The second-order valence-electron chi connectivity index (χ2n) is 11.8. The first-order chi connectivity index (χ1) is 25.8. The monoisotopic (exact) mass is 833 g/mol. The van der Waals surface area contributed by atoms with Crippen molar-refractivity contribution in [1.29, 1.82) is 0 Å². The molecule has 0 radical (unpaired) electrons. The summed E-state index contributed by atoms with van der Waals surface area (Å²) in [7, 11) is -16.8. The molecule has 1 saturated heterocycles. The lowest BCUT2D eigenvalue weighted by Gasteiger charge is -2.19. The molecular weight excluding hydrogens is 795 g/mol. The molecule has 0 spiro atoms. The van der Waals surface area contributed by atoms with Crippen LogP contribution in [0, 0.1) is 22.0 Å². The number of phosphoric acid groups is 3. The summed E-state index contributed by atoms with van der Waals surface area (Å²) in [5.74, 6) is 5.31. The van der Waals surface area contributed by atoms with E-state index in [1.54, 1.807) is 18.2 Å². The fraction of sp³-hybridized carbons (Fsp3) is 0.448. The molecule has 0 aliphatic carbocycles. The van der Waals surface area contributed by atoms with Crippen LogP contribution in [0.5, 0.6) is 0 Å². The van der Waals surface area contributed by atoms with Gasteiger partial charge in [0.05, 0.1) is 36.2 Å². The maximum absolute atomic E-state index is 12.1. The summed E-state index contributed by atoms with van der Waals surface area (Å²) < 4.78 is 53.6. The molecule has 3 unspecified atom stereocenters. The number of carbonyl (C=O) groups is 2. The molecular formula is C29H38N7O16P3. The summed E-state index contributed by atoms with van der Waals surface area (Å²) >= 11 is 0. The Morgan fingerprint density at radius 1 is 1.07 bits per heavy atom. The van der Waals surface area contributed by atoms with Crippen LogP contribution in [0.1, 0.15) is 56.4 Å². The van der Waals surface area contributed by atoms with Gasteiger partial charge in [-0.1, -0.05) is 18.3 Å². The molecule has 1 aliphatic heterocycles. The maximum atomic E-state index is 12.1. The highest BCUT2D eigenvalue weighted by Gasteiger charge is 2.43. The molecule has 23 nitrogen and oxygen atoms in total. The van der Waals surface area contributed by atoms with Gasteiger partial charge in [-0.2, -0.15) is 8.62 Å². The van der Waals surface area contributed by atoms with Gasteiger partial charge in [0.25, 0.3) is 5.69 Å². The molecule has 300 valence electrons. The van der Waals surface area contributed by atoms with E-state index in [1.807, 2.05) is 0 Å². The molecule has 8 N–H and O–H groups in total. The summed E-state index contributed by atoms with van der Waals surface area (Å²) in [6, 6.07) is 6.05. The SMILES string of the molecule is CC(=O)NCCCCCC(=O)NCC#Cc1ccc(CNc2ccnc3c2ncn3[C@H]2CC(O)[C@@H](COP(=O)(O)OP(=O)(O)OP(=O)(O)O)O2)c([N+](=O)[O-])c1. The van der Waals surface area contributed by atoms with Gasteiger partial charge in [0.1, 0.15) is 17.8 Å². The zero-order chi connectivity index (χ0) is 40.4. The Bertz CT molecular complexity index is 2080. The molecule has 4 rings (SSSR count). The van der Waals surface area contributed by atoms with E-state index in [-0.39, 0.29) is 42.7 Å². The lowest BCUT2D eigenvalue weighted by Crippen LogP contribution is -2.26. The van der Waals surface area contributed by atoms with Gasteiger partial charge in [0.2, 0.25) is 11.8 Å². The van der Waals surface area contributed by atoms with Crippen molar-refractivity contribution in [2.75, 3.05) is 25.0 Å². The van der Waals surface area contributed by atoms with E-state index in [4.69, 9.17) is 14.5 Å². The number of aliphatic hydroxyl groups is 1. The third kappa shape index (κ3) is 13.8. The first-order valence-corrected chi connectivity index (χ1v) is 20.8. The first-order valence-electron chi connectivity index (χ1n) is 16.3. The van der Waals surface area contributed by atoms with Crippen LogP contribution in [0.2, 0.25) is 0 Å². The summed E-state index contributed by atoms with van der Waals surface area (Å²) in [6.45, 7) is 1.19. The molecule has 3 heterocycles. The van der Waals surface area contributed by atoms with E-state index < -0.39 is 53.4 Å². The van der Waals surface area contributed by atoms with E-state index in [9.17, 15) is 48.3 Å². The van der Waals surface area contributed by atoms with E-state index >= 15 is 0 Å². The number of benzene rings is 1. The van der Waals surface area contributed by atoms with Gasteiger partial charge in [-0.25, -0.2) is 23.7 Å². The average Bonchev–Trinajstić information content (AvgIpc) is 3.68. The number of hydrogen-bond donors (Lipinski definition) is 8. The number of carbonyl (C=O) groups excluding carboxylic acids is 2. The number of imidazole rings is 1. The van der Waals surface area contributed by atoms with Crippen molar-refractivity contribution in [1.82, 2.24) is 25.2 Å². The number of phosphoric ester groups is 1. The average molecular weight is 834 g/mol. The molecule has 26 heteroatoms. The standard InChI is InChI=1S/C29H38N7O16P3/c1-19(37)30-11-4-2-3-7-26(39)31-12-5-6-20-8-9-21(23(14-20)36(40)41)16-33-22-10-13-32-29-28(22)34-18-35(29)27-15-24(38)25(50-27)17-49-54(45,46)52-55(47,48)51-53(42,43)44/h8-10,13-14,18,24-25,27,38H,2-4,7,11-12,15-17H2,1H3,(H,30,37)(H,31,39)(H,32,33)(H,45,46)(H,47,48)(H2,42,43,44)/t24?,25-,27-/m1/s1. The van der Waals surface area contributed by atoms with Gasteiger partial charge in [-0.05, 0) is 31.0 Å². The minimum Gasteiger partial charge on any atom is -0.390 e. The van der Waals surface area contributed by atoms with Crippen LogP contribution in [0.15, 0.2) is 36.8 Å². The number of anilines is 1. The second-order valence-corrected chi connectivity index (χ2v) is 16.2. The van der Waals surface area contributed by atoms with Gasteiger partial charge in [0.15, 0.2) is 5.65 Å². The molecule has 0 bridgehead atoms. The number of ether oxygens (including phenoxy) is 1. The second kappa shape index (κ2) is 19.1. The number of fused-ring (bicyclic) bond motifs is 1. The largest absolute Gasteiger partial charge is 0.490 e. The topological polar surface area (TPSA) is 333 Å². The molecule has 1 fully saturated rings. The van der Waals surface area contributed by atoms with E-state index in [2.05, 4.69) is 50.9 Å². The summed E-state index contributed by atoms with van der Waals surface area (Å²) in [5.41, 5.74) is 1.53. The van der Waals surface area contributed by atoms with Crippen LogP contribution in [0.3, 0.4) is 0 Å². The Labute approximate surface area is 312 Å². The van der Waals surface area contributed by atoms with Crippen LogP contribution in [0.25, 0.3) is 11.2 Å². The number of hydrogen-bond acceptors (Lipinski definition) is 15. The smallest absolute Gasteiger partial charge is 0.390 e. The highest BCUT2D eigenvalue weighted by Crippen LogP contribution is 2.66. The zero-order valence-corrected chi connectivity index (χ0v) is 31.6. The predicted octanol–water partition coefficient (Wildman–Crippen LogP) is 2.11. The minimum atomic E-state index is -5.73. The van der Waals surface area contributed by atoms with E-state index in [0.717, 1.165) is 12.8 Å². The number of nitrogens with one attached hydrogen (secondary N) is 3. The molecule has 0 saturated carbocycles. The molecule has 55 heavy (non-hydrogen) atoms. The third-order valence-corrected chi connectivity index (χ3v) is 11.4. The van der Waals surface area contributed by atoms with Crippen LogP contribution in [-0.2, 0) is 47.7 Å². The van der Waals surface area contributed by atoms with Gasteiger partial charge < -0.3 is 45.4 Å². The van der Waals surface area contributed by atoms with Gasteiger partial charge in [-0.3, -0.25) is 28.8 Å². The number of aromatic nitrogens is 3. The number of unbranched alkanes of at least 4 members (excludes halogenated alkanes) is 2. The Morgan fingerprint density at radius 2 is 1.84 bits per heavy atom. The molecule has 1 aromatic carbocycles. The molecule has 2 aromatic heterocycles. The Kier molecular flexibility index (Phi) is 15.2. The van der Waals surface area contributed by atoms with Crippen LogP contribution in [-0.4, -0.2) is 87.9 Å². The zero-order valence-electron chi connectivity index (χ0n) is 28.9. The molecule has 5 atom stereocenters. The highest BCUT2D eigenvalue weighted by atomic mass is 31.3. The predicted molar refractivity (Wildman–Crippen MR) is 189 cm³/mol. The van der Waals surface area contributed by atoms with E-state index in [1.165, 1.54) is 30.1 Å². The minimum absolute atomic E-state index is 0.00180. The van der Waals surface area contributed by atoms with Crippen molar-refractivity contribution in [3.05, 3.63) is 58.0 Å². The number of rotatable bonds is 19. The van der Waals surface area contributed by atoms with Crippen molar-refractivity contribution in [3.63, 3.8) is 0 Å². The van der Waals surface area contributed by atoms with Crippen LogP contribution < -0.4 is 16.0 Å². The summed E-state index contributed by atoms with van der Waals surface area (Å²) in [6.07, 6.45) is 1.67. The van der Waals surface area contributed by atoms with Crippen molar-refractivity contribution < 1.29 is 70.8 Å². The third-order valence-electron chi connectivity index (χ3n) is 7.61. The number of amides is 2. The highest BCUT2D eigenvalue weighted by molar-refractivity contribution is 7.66. The summed E-state index contributed by atoms with van der Waals surface area (Å²) in [4.78, 5) is 79.3. The first kappa shape index (κ1) is 43.6. The van der Waals surface area contributed by atoms with Gasteiger partial charge >= 0.3 is 23.5 Å². The number of aliphatic hydroxyl groups excluding tert-OH is 1. The fourth-order valence-corrected chi connectivity index (χ4v) is 8.20. The Hall–Kier alpha value is -4.13. The quantitative estimate of drug-likeness (QED) is 0.0282. The van der Waals surface area contributed by atoms with Crippen LogP contribution >= 0.6 is 23.5 Å². The lowest BCUT2D eigenvalue weighted by atomic mass is 10.1. The van der Waals surface area contributed by atoms with Crippen molar-refractivity contribution in [2.24, 2.45) is 0 Å². The van der Waals surface area contributed by atoms with E-state index in [0.29, 0.717) is 41.7 Å². The van der Waals surface area contributed by atoms with Crippen molar-refractivity contribution in [3.8, 4) is 11.8 Å². The number of pyridine rings is 1. The Morgan fingerprint density at radius 3 is 2.55 bits per heavy atom. The molecule has 1 aliphatic rings. The van der Waals surface area contributed by atoms with Gasteiger partial charge in [0, 0.05) is 56.2 Å². The van der Waals surface area contributed by atoms with Crippen molar-refractivity contribution in [2.45, 2.75) is 64.0 Å². The molecule has 3 aromatic rings. The fourth-order valence-electron chi connectivity index (χ4n) is 5.17. The Balaban J connectivity index is 1.33. The number of nitro benzene ring substituents is 1. The number of nitrogens with zero attached hydrogens (tertiary/aromatic N) is 4. The lowest BCUT2D eigenvalue weighted by molar-refractivity contribution is -0.385. The number of nitro groups is 1. The summed E-state index contributed by atoms with van der Waals surface area (Å²) in [5, 5.41) is 30.9. The molecule has 2 amide bonds.